The molecule has 0 radical (unpaired) electrons. The first kappa shape index (κ1) is 22.9. The SMILES string of the molecule is COc1ccc(C2CCN(S(=O)(=O)C3CCN(C(=O)O)C(C(C)(C)C)C3)CC2)cc1. The van der Waals surface area contributed by atoms with Crippen molar-refractivity contribution in [2.75, 3.05) is 26.7 Å². The van der Waals surface area contributed by atoms with E-state index in [2.05, 4.69) is 12.1 Å². The molecular formula is C22H34N2O5S. The number of carbonyl (C=O) groups is 1. The van der Waals surface area contributed by atoms with Crippen LogP contribution in [0.25, 0.3) is 0 Å². The van der Waals surface area contributed by atoms with Gasteiger partial charge in [0.25, 0.3) is 0 Å². The number of ether oxygens (including phenoxy) is 1. The lowest BCUT2D eigenvalue weighted by Crippen LogP contribution is -2.56. The molecule has 2 atom stereocenters. The molecule has 2 aliphatic heterocycles. The molecule has 0 aromatic heterocycles. The van der Waals surface area contributed by atoms with E-state index in [4.69, 9.17) is 4.74 Å². The maximum absolute atomic E-state index is 13.4. The molecule has 2 heterocycles. The van der Waals surface area contributed by atoms with Gasteiger partial charge in [-0.3, -0.25) is 0 Å². The lowest BCUT2D eigenvalue weighted by atomic mass is 9.80. The molecule has 1 aromatic rings. The molecule has 7 nitrogen and oxygen atoms in total. The zero-order chi connectivity index (χ0) is 22.1. The highest BCUT2D eigenvalue weighted by Gasteiger charge is 2.44. The van der Waals surface area contributed by atoms with E-state index in [0.29, 0.717) is 31.8 Å². The predicted octanol–water partition coefficient (Wildman–Crippen LogP) is 3.76. The Labute approximate surface area is 180 Å². The third kappa shape index (κ3) is 4.75. The smallest absolute Gasteiger partial charge is 0.407 e. The van der Waals surface area contributed by atoms with Crippen molar-refractivity contribution in [1.82, 2.24) is 9.21 Å². The number of piperidine rings is 2. The molecule has 2 saturated heterocycles. The van der Waals surface area contributed by atoms with Crippen LogP contribution in [0.2, 0.25) is 0 Å². The number of hydrogen-bond acceptors (Lipinski definition) is 4. The summed E-state index contributed by atoms with van der Waals surface area (Å²) in [4.78, 5) is 13.1. The minimum atomic E-state index is -3.45. The maximum Gasteiger partial charge on any atom is 0.407 e. The van der Waals surface area contributed by atoms with E-state index in [0.717, 1.165) is 18.6 Å². The van der Waals surface area contributed by atoms with Gasteiger partial charge in [-0.15, -0.1) is 0 Å². The topological polar surface area (TPSA) is 87.2 Å². The fourth-order valence-electron chi connectivity index (χ4n) is 4.78. The highest BCUT2D eigenvalue weighted by molar-refractivity contribution is 7.89. The highest BCUT2D eigenvalue weighted by atomic mass is 32.2. The van der Waals surface area contributed by atoms with E-state index >= 15 is 0 Å². The molecule has 8 heteroatoms. The molecule has 168 valence electrons. The molecule has 0 aliphatic carbocycles. The Balaban J connectivity index is 1.66. The van der Waals surface area contributed by atoms with Gasteiger partial charge in [0.05, 0.1) is 12.4 Å². The first-order valence-corrected chi connectivity index (χ1v) is 12.2. The van der Waals surface area contributed by atoms with Gasteiger partial charge in [0.1, 0.15) is 5.75 Å². The number of carboxylic acid groups (broad SMARTS) is 1. The van der Waals surface area contributed by atoms with E-state index in [1.807, 2.05) is 32.9 Å². The van der Waals surface area contributed by atoms with Crippen LogP contribution in [0.3, 0.4) is 0 Å². The number of methoxy groups -OCH3 is 1. The van der Waals surface area contributed by atoms with Gasteiger partial charge >= 0.3 is 6.09 Å². The van der Waals surface area contributed by atoms with Gasteiger partial charge in [-0.05, 0) is 54.7 Å². The quantitative estimate of drug-likeness (QED) is 0.773. The molecule has 2 fully saturated rings. The summed E-state index contributed by atoms with van der Waals surface area (Å²) < 4.78 is 33.6. The Morgan fingerprint density at radius 3 is 2.17 bits per heavy atom. The average molecular weight is 439 g/mol. The lowest BCUT2D eigenvalue weighted by Gasteiger charge is -2.45. The number of hydrogen-bond donors (Lipinski definition) is 1. The van der Waals surface area contributed by atoms with Crippen LogP contribution in [0.1, 0.15) is 57.9 Å². The molecule has 2 unspecified atom stereocenters. The molecule has 0 saturated carbocycles. The standard InChI is InChI=1S/C22H34N2O5S/c1-22(2,3)20-15-19(11-14-24(20)21(25)26)30(27,28)23-12-9-17(10-13-23)16-5-7-18(29-4)8-6-16/h5-8,17,19-20H,9-15H2,1-4H3,(H,25,26). The van der Waals surface area contributed by atoms with E-state index in [9.17, 15) is 18.3 Å². The zero-order valence-electron chi connectivity index (χ0n) is 18.4. The Kier molecular flexibility index (Phi) is 6.67. The zero-order valence-corrected chi connectivity index (χ0v) is 19.2. The van der Waals surface area contributed by atoms with Crippen molar-refractivity contribution in [2.24, 2.45) is 5.41 Å². The van der Waals surface area contributed by atoms with Crippen molar-refractivity contribution in [3.63, 3.8) is 0 Å². The van der Waals surface area contributed by atoms with Gasteiger partial charge in [0.2, 0.25) is 10.0 Å². The summed E-state index contributed by atoms with van der Waals surface area (Å²) in [6.07, 6.45) is 1.34. The van der Waals surface area contributed by atoms with E-state index in [-0.39, 0.29) is 18.0 Å². The molecular weight excluding hydrogens is 404 g/mol. The van der Waals surface area contributed by atoms with Gasteiger partial charge in [-0.25, -0.2) is 17.5 Å². The van der Waals surface area contributed by atoms with E-state index in [1.165, 1.54) is 10.5 Å². The van der Waals surface area contributed by atoms with Crippen LogP contribution in [-0.2, 0) is 10.0 Å². The molecule has 30 heavy (non-hydrogen) atoms. The number of likely N-dealkylation sites (tertiary alicyclic amines) is 1. The third-order valence-electron chi connectivity index (χ3n) is 6.62. The molecule has 0 spiro atoms. The van der Waals surface area contributed by atoms with Crippen LogP contribution >= 0.6 is 0 Å². The van der Waals surface area contributed by atoms with Crippen LogP contribution < -0.4 is 4.74 Å². The summed E-state index contributed by atoms with van der Waals surface area (Å²) in [5.74, 6) is 1.17. The second-order valence-corrected chi connectivity index (χ2v) is 11.7. The summed E-state index contributed by atoms with van der Waals surface area (Å²) in [6.45, 7) is 7.22. The normalized spacial score (nSPS) is 24.6. The maximum atomic E-state index is 13.4. The molecule has 0 bridgehead atoms. The van der Waals surface area contributed by atoms with Gasteiger partial charge in [0.15, 0.2) is 0 Å². The lowest BCUT2D eigenvalue weighted by molar-refractivity contribution is 0.0597. The Bertz CT molecular complexity index is 839. The Morgan fingerprint density at radius 2 is 1.67 bits per heavy atom. The van der Waals surface area contributed by atoms with Crippen molar-refractivity contribution in [2.45, 2.75) is 63.7 Å². The number of benzene rings is 1. The van der Waals surface area contributed by atoms with Crippen molar-refractivity contribution in [1.29, 1.82) is 0 Å². The van der Waals surface area contributed by atoms with Crippen molar-refractivity contribution >= 4 is 16.1 Å². The van der Waals surface area contributed by atoms with Crippen molar-refractivity contribution in [3.05, 3.63) is 29.8 Å². The number of rotatable bonds is 4. The van der Waals surface area contributed by atoms with Crippen molar-refractivity contribution < 1.29 is 23.1 Å². The summed E-state index contributed by atoms with van der Waals surface area (Å²) >= 11 is 0. The number of nitrogens with zero attached hydrogens (tertiary/aromatic N) is 2. The first-order valence-electron chi connectivity index (χ1n) is 10.7. The summed E-state index contributed by atoms with van der Waals surface area (Å²) in [6, 6.07) is 7.70. The monoisotopic (exact) mass is 438 g/mol. The van der Waals surface area contributed by atoms with E-state index in [1.54, 1.807) is 11.4 Å². The number of sulfonamides is 1. The molecule has 1 N–H and O–H groups in total. The largest absolute Gasteiger partial charge is 0.497 e. The average Bonchev–Trinajstić information content (AvgIpc) is 2.72. The van der Waals surface area contributed by atoms with Gasteiger partial charge in [0, 0.05) is 25.7 Å². The Hall–Kier alpha value is -1.80. The Morgan fingerprint density at radius 1 is 1.07 bits per heavy atom. The van der Waals surface area contributed by atoms with Crippen LogP contribution in [0.4, 0.5) is 4.79 Å². The van der Waals surface area contributed by atoms with Gasteiger partial charge in [-0.2, -0.15) is 0 Å². The van der Waals surface area contributed by atoms with Gasteiger partial charge in [-0.1, -0.05) is 32.9 Å². The van der Waals surface area contributed by atoms with E-state index < -0.39 is 21.4 Å². The fourth-order valence-corrected chi connectivity index (χ4v) is 6.75. The van der Waals surface area contributed by atoms with Crippen LogP contribution in [0.5, 0.6) is 5.75 Å². The van der Waals surface area contributed by atoms with Crippen LogP contribution in [-0.4, -0.2) is 66.9 Å². The summed E-state index contributed by atoms with van der Waals surface area (Å²) in [5.41, 5.74) is 0.906. The minimum Gasteiger partial charge on any atom is -0.497 e. The third-order valence-corrected chi connectivity index (χ3v) is 8.98. The van der Waals surface area contributed by atoms with Crippen molar-refractivity contribution in [3.8, 4) is 5.75 Å². The fraction of sp³-hybridized carbons (Fsp3) is 0.682. The second-order valence-electron chi connectivity index (χ2n) is 9.50. The highest BCUT2D eigenvalue weighted by Crippen LogP contribution is 2.37. The molecule has 3 rings (SSSR count). The molecule has 2 aliphatic rings. The predicted molar refractivity (Wildman–Crippen MR) is 116 cm³/mol. The van der Waals surface area contributed by atoms with Gasteiger partial charge < -0.3 is 14.7 Å². The number of amides is 1. The van der Waals surface area contributed by atoms with Crippen LogP contribution in [0.15, 0.2) is 24.3 Å². The molecule has 1 aromatic carbocycles. The summed E-state index contributed by atoms with van der Waals surface area (Å²) in [5, 5.41) is 9.02. The summed E-state index contributed by atoms with van der Waals surface area (Å²) in [7, 11) is -1.81. The minimum absolute atomic E-state index is 0.267. The first-order chi connectivity index (χ1) is 14.0. The van der Waals surface area contributed by atoms with Crippen LogP contribution in [0, 0.1) is 5.41 Å². The molecule has 1 amide bonds. The second kappa shape index (κ2) is 8.75.